The highest BCUT2D eigenvalue weighted by atomic mass is 32.2. The van der Waals surface area contributed by atoms with Crippen molar-refractivity contribution in [2.75, 3.05) is 24.7 Å². The van der Waals surface area contributed by atoms with E-state index in [-0.39, 0.29) is 30.8 Å². The van der Waals surface area contributed by atoms with Gasteiger partial charge in [-0.2, -0.15) is 5.26 Å². The molecule has 88 valence electrons. The Bertz CT molecular complexity index is 447. The second kappa shape index (κ2) is 3.71. The highest BCUT2D eigenvalue weighted by molar-refractivity contribution is 7.91. The predicted molar refractivity (Wildman–Crippen MR) is 54.1 cm³/mol. The number of nitriles is 1. The summed E-state index contributed by atoms with van der Waals surface area (Å²) in [5.41, 5.74) is -1.10. The number of nitrogens with zero attached hydrogens (tertiary/aromatic N) is 1. The summed E-state index contributed by atoms with van der Waals surface area (Å²) in [6.45, 7) is 0.184. The summed E-state index contributed by atoms with van der Waals surface area (Å²) in [7, 11) is -3.01. The summed E-state index contributed by atoms with van der Waals surface area (Å²) in [6, 6.07) is 1.56. The molecule has 0 saturated carbocycles. The summed E-state index contributed by atoms with van der Waals surface area (Å²) >= 11 is 0. The van der Waals surface area contributed by atoms with Crippen LogP contribution in [0.2, 0.25) is 0 Å². The first-order valence-electron chi connectivity index (χ1n) is 4.98. The van der Waals surface area contributed by atoms with Gasteiger partial charge in [0, 0.05) is 6.04 Å². The Balaban J connectivity index is 1.97. The predicted octanol–water partition coefficient (Wildman–Crippen LogP) is -1.17. The van der Waals surface area contributed by atoms with Gasteiger partial charge < -0.3 is 10.1 Å². The topological polar surface area (TPSA) is 96.3 Å². The summed E-state index contributed by atoms with van der Waals surface area (Å²) in [6.07, 6.45) is 0.427. The quantitative estimate of drug-likeness (QED) is 0.660. The Hall–Kier alpha value is -1.13. The lowest BCUT2D eigenvalue weighted by molar-refractivity contribution is -0.150. The Morgan fingerprint density at radius 2 is 2.19 bits per heavy atom. The molecule has 16 heavy (non-hydrogen) atoms. The average molecular weight is 244 g/mol. The highest BCUT2D eigenvalue weighted by Gasteiger charge is 2.47. The SMILES string of the molecule is N#CC1(C(=O)NC2CCS(=O)(=O)C2)COC1. The van der Waals surface area contributed by atoms with Crippen LogP contribution in [0.4, 0.5) is 0 Å². The maximum atomic E-state index is 11.7. The Kier molecular flexibility index (Phi) is 2.64. The molecule has 6 nitrogen and oxygen atoms in total. The summed E-state index contributed by atoms with van der Waals surface area (Å²) in [5.74, 6) is -0.335. The molecule has 2 aliphatic rings. The van der Waals surface area contributed by atoms with E-state index in [1.54, 1.807) is 0 Å². The number of hydrogen-bond acceptors (Lipinski definition) is 5. The molecule has 2 saturated heterocycles. The zero-order valence-electron chi connectivity index (χ0n) is 8.60. The van der Waals surface area contributed by atoms with E-state index in [0.29, 0.717) is 6.42 Å². The number of carbonyl (C=O) groups excluding carboxylic acids is 1. The molecular weight excluding hydrogens is 232 g/mol. The number of carbonyl (C=O) groups is 1. The molecule has 2 aliphatic heterocycles. The van der Waals surface area contributed by atoms with Gasteiger partial charge in [0.15, 0.2) is 15.3 Å². The van der Waals surface area contributed by atoms with Crippen LogP contribution in [0.15, 0.2) is 0 Å². The van der Waals surface area contributed by atoms with E-state index in [4.69, 9.17) is 10.00 Å². The largest absolute Gasteiger partial charge is 0.377 e. The van der Waals surface area contributed by atoms with E-state index in [1.165, 1.54) is 0 Å². The van der Waals surface area contributed by atoms with Crippen LogP contribution in [0.3, 0.4) is 0 Å². The van der Waals surface area contributed by atoms with Gasteiger partial charge in [-0.15, -0.1) is 0 Å². The molecule has 0 bridgehead atoms. The third-order valence-corrected chi connectivity index (χ3v) is 4.68. The van der Waals surface area contributed by atoms with Crippen molar-refractivity contribution in [1.29, 1.82) is 5.26 Å². The molecule has 2 heterocycles. The average Bonchev–Trinajstić information content (AvgIpc) is 2.44. The number of amides is 1. The molecule has 1 N–H and O–H groups in total. The second-order valence-corrected chi connectivity index (χ2v) is 6.49. The van der Waals surface area contributed by atoms with Gasteiger partial charge >= 0.3 is 0 Å². The van der Waals surface area contributed by atoms with E-state index in [1.807, 2.05) is 6.07 Å². The van der Waals surface area contributed by atoms with Crippen LogP contribution in [0, 0.1) is 16.7 Å². The lowest BCUT2D eigenvalue weighted by Crippen LogP contribution is -2.55. The van der Waals surface area contributed by atoms with Gasteiger partial charge in [-0.1, -0.05) is 0 Å². The van der Waals surface area contributed by atoms with Gasteiger partial charge in [0.05, 0.1) is 30.8 Å². The minimum absolute atomic E-state index is 0.0267. The molecule has 1 atom stereocenters. The van der Waals surface area contributed by atoms with Crippen LogP contribution < -0.4 is 5.32 Å². The van der Waals surface area contributed by atoms with Gasteiger partial charge in [0.25, 0.3) is 0 Å². The molecule has 2 rings (SSSR count). The number of ether oxygens (including phenoxy) is 1. The van der Waals surface area contributed by atoms with Crippen molar-refractivity contribution in [2.45, 2.75) is 12.5 Å². The zero-order chi connectivity index (χ0) is 11.8. The molecule has 7 heteroatoms. The molecule has 0 spiro atoms. The van der Waals surface area contributed by atoms with Crippen LogP contribution in [-0.4, -0.2) is 45.1 Å². The fourth-order valence-electron chi connectivity index (χ4n) is 1.78. The molecule has 0 aromatic carbocycles. The third kappa shape index (κ3) is 1.90. The van der Waals surface area contributed by atoms with Crippen LogP contribution in [0.25, 0.3) is 0 Å². The van der Waals surface area contributed by atoms with Crippen molar-refractivity contribution >= 4 is 15.7 Å². The maximum absolute atomic E-state index is 11.7. The first kappa shape index (κ1) is 11.4. The Labute approximate surface area is 93.5 Å². The lowest BCUT2D eigenvalue weighted by atomic mass is 9.86. The minimum atomic E-state index is -3.01. The molecule has 1 unspecified atom stereocenters. The van der Waals surface area contributed by atoms with Crippen molar-refractivity contribution in [1.82, 2.24) is 5.32 Å². The van der Waals surface area contributed by atoms with Gasteiger partial charge in [-0.3, -0.25) is 4.79 Å². The normalized spacial score (nSPS) is 30.1. The minimum Gasteiger partial charge on any atom is -0.377 e. The van der Waals surface area contributed by atoms with E-state index >= 15 is 0 Å². The van der Waals surface area contributed by atoms with E-state index in [2.05, 4.69) is 5.32 Å². The second-order valence-electron chi connectivity index (χ2n) is 4.26. The van der Waals surface area contributed by atoms with Gasteiger partial charge in [-0.05, 0) is 6.42 Å². The molecular formula is C9H12N2O4S. The first-order valence-corrected chi connectivity index (χ1v) is 6.80. The van der Waals surface area contributed by atoms with E-state index < -0.39 is 21.2 Å². The van der Waals surface area contributed by atoms with Gasteiger partial charge in [0.2, 0.25) is 5.91 Å². The molecule has 1 amide bonds. The Morgan fingerprint density at radius 1 is 1.50 bits per heavy atom. The number of nitrogens with one attached hydrogen (secondary N) is 1. The van der Waals surface area contributed by atoms with Crippen molar-refractivity contribution in [2.24, 2.45) is 5.41 Å². The first-order chi connectivity index (χ1) is 7.47. The molecule has 0 radical (unpaired) electrons. The molecule has 2 fully saturated rings. The number of hydrogen-bond donors (Lipinski definition) is 1. The fourth-order valence-corrected chi connectivity index (χ4v) is 3.46. The maximum Gasteiger partial charge on any atom is 0.245 e. The fraction of sp³-hybridized carbons (Fsp3) is 0.778. The van der Waals surface area contributed by atoms with Crippen LogP contribution in [0.5, 0.6) is 0 Å². The van der Waals surface area contributed by atoms with Crippen LogP contribution in [-0.2, 0) is 19.4 Å². The van der Waals surface area contributed by atoms with Crippen LogP contribution in [0.1, 0.15) is 6.42 Å². The van der Waals surface area contributed by atoms with Gasteiger partial charge in [-0.25, -0.2) is 8.42 Å². The third-order valence-electron chi connectivity index (χ3n) is 2.91. The van der Waals surface area contributed by atoms with Crippen molar-refractivity contribution < 1.29 is 17.9 Å². The molecule has 0 aromatic heterocycles. The van der Waals surface area contributed by atoms with E-state index in [0.717, 1.165) is 0 Å². The van der Waals surface area contributed by atoms with Crippen LogP contribution >= 0.6 is 0 Å². The Morgan fingerprint density at radius 3 is 2.56 bits per heavy atom. The number of sulfone groups is 1. The summed E-state index contributed by atoms with van der Waals surface area (Å²) < 4.78 is 27.2. The van der Waals surface area contributed by atoms with Crippen molar-refractivity contribution in [3.05, 3.63) is 0 Å². The highest BCUT2D eigenvalue weighted by Crippen LogP contribution is 2.27. The summed E-state index contributed by atoms with van der Waals surface area (Å²) in [4.78, 5) is 11.7. The van der Waals surface area contributed by atoms with Crippen molar-refractivity contribution in [3.8, 4) is 6.07 Å². The monoisotopic (exact) mass is 244 g/mol. The smallest absolute Gasteiger partial charge is 0.245 e. The number of rotatable bonds is 2. The molecule has 0 aliphatic carbocycles. The standard InChI is InChI=1S/C9H12N2O4S/c10-4-9(5-15-6-9)8(12)11-7-1-2-16(13,14)3-7/h7H,1-3,5-6H2,(H,11,12). The van der Waals surface area contributed by atoms with E-state index in [9.17, 15) is 13.2 Å². The van der Waals surface area contributed by atoms with Crippen molar-refractivity contribution in [3.63, 3.8) is 0 Å². The van der Waals surface area contributed by atoms with Gasteiger partial charge in [0.1, 0.15) is 0 Å². The molecule has 0 aromatic rings. The lowest BCUT2D eigenvalue weighted by Gasteiger charge is -2.34. The zero-order valence-corrected chi connectivity index (χ0v) is 9.42. The summed E-state index contributed by atoms with van der Waals surface area (Å²) in [5, 5.41) is 11.5.